The molecule has 1 aromatic heterocycles. The number of halogens is 2. The Morgan fingerprint density at radius 3 is 2.67 bits per heavy atom. The second-order valence-corrected chi connectivity index (χ2v) is 9.02. The lowest BCUT2D eigenvalue weighted by atomic mass is 10.2. The molecule has 2 heterocycles. The van der Waals surface area contributed by atoms with Gasteiger partial charge in [-0.2, -0.15) is 0 Å². The molecule has 1 fully saturated rings. The Kier molecular flexibility index (Phi) is 7.80. The Labute approximate surface area is 189 Å². The van der Waals surface area contributed by atoms with Gasteiger partial charge in [0.25, 0.3) is 0 Å². The van der Waals surface area contributed by atoms with Crippen LogP contribution in [-0.2, 0) is 16.0 Å². The first-order valence-electron chi connectivity index (χ1n) is 9.68. The maximum atomic E-state index is 12.7. The number of ether oxygens (including phenoxy) is 1. The number of piperazine rings is 1. The molecule has 2 aromatic rings. The number of rotatable bonds is 6. The van der Waals surface area contributed by atoms with Gasteiger partial charge in [-0.3, -0.25) is 10.1 Å². The van der Waals surface area contributed by atoms with Crippen molar-refractivity contribution in [3.8, 4) is 0 Å². The maximum Gasteiger partial charge on any atom is 0.413 e. The van der Waals surface area contributed by atoms with E-state index >= 15 is 0 Å². The lowest BCUT2D eigenvalue weighted by molar-refractivity contribution is -0.130. The Morgan fingerprint density at radius 2 is 1.97 bits per heavy atom. The number of carbonyl (C=O) groups excluding carboxylic acids is 2. The van der Waals surface area contributed by atoms with Gasteiger partial charge in [0.2, 0.25) is 5.91 Å². The summed E-state index contributed by atoms with van der Waals surface area (Å²) in [6, 6.07) is 5.56. The molecule has 1 saturated heterocycles. The zero-order chi connectivity index (χ0) is 21.7. The fourth-order valence-corrected chi connectivity index (χ4v) is 4.12. The van der Waals surface area contributed by atoms with Crippen LogP contribution in [0.3, 0.4) is 0 Å². The van der Waals surface area contributed by atoms with Crippen LogP contribution >= 0.6 is 34.5 Å². The van der Waals surface area contributed by atoms with Gasteiger partial charge in [0.15, 0.2) is 5.13 Å². The van der Waals surface area contributed by atoms with E-state index in [9.17, 15) is 9.59 Å². The summed E-state index contributed by atoms with van der Waals surface area (Å²) in [6.07, 6.45) is -0.344. The summed E-state index contributed by atoms with van der Waals surface area (Å²) >= 11 is 13.7. The van der Waals surface area contributed by atoms with Crippen molar-refractivity contribution in [3.05, 3.63) is 39.3 Å². The molecule has 3 rings (SSSR count). The minimum absolute atomic E-state index is 0.00563. The van der Waals surface area contributed by atoms with Crippen molar-refractivity contribution in [1.82, 2.24) is 9.88 Å². The number of hydrogen-bond donors (Lipinski definition) is 1. The normalized spacial score (nSPS) is 14.2. The summed E-state index contributed by atoms with van der Waals surface area (Å²) in [5.74, 6) is 0.265. The van der Waals surface area contributed by atoms with Crippen molar-refractivity contribution in [2.24, 2.45) is 5.92 Å². The van der Waals surface area contributed by atoms with Crippen molar-refractivity contribution in [2.45, 2.75) is 20.3 Å². The third-order valence-electron chi connectivity index (χ3n) is 4.55. The largest absolute Gasteiger partial charge is 0.449 e. The number of carbonyl (C=O) groups is 2. The maximum absolute atomic E-state index is 12.7. The molecule has 0 atom stereocenters. The van der Waals surface area contributed by atoms with E-state index in [1.165, 1.54) is 11.3 Å². The van der Waals surface area contributed by atoms with Crippen LogP contribution in [-0.4, -0.2) is 54.7 Å². The van der Waals surface area contributed by atoms with Gasteiger partial charge in [-0.05, 0) is 18.1 Å². The van der Waals surface area contributed by atoms with Gasteiger partial charge in [-0.25, -0.2) is 9.78 Å². The molecule has 30 heavy (non-hydrogen) atoms. The molecule has 0 radical (unpaired) electrons. The van der Waals surface area contributed by atoms with Gasteiger partial charge in [0.1, 0.15) is 0 Å². The highest BCUT2D eigenvalue weighted by atomic mass is 35.5. The van der Waals surface area contributed by atoms with Crippen molar-refractivity contribution in [3.63, 3.8) is 0 Å². The van der Waals surface area contributed by atoms with E-state index in [0.29, 0.717) is 53.7 Å². The molecule has 162 valence electrons. The molecule has 7 nitrogen and oxygen atoms in total. The number of aromatic nitrogens is 1. The first-order valence-corrected chi connectivity index (χ1v) is 11.3. The second-order valence-electron chi connectivity index (χ2n) is 7.38. The van der Waals surface area contributed by atoms with Crippen LogP contribution in [0.25, 0.3) is 0 Å². The van der Waals surface area contributed by atoms with E-state index in [2.05, 4.69) is 15.2 Å². The van der Waals surface area contributed by atoms with Crippen LogP contribution in [0.5, 0.6) is 0 Å². The van der Waals surface area contributed by atoms with Crippen LogP contribution in [0.2, 0.25) is 10.0 Å². The number of benzene rings is 1. The highest BCUT2D eigenvalue weighted by Crippen LogP contribution is 2.32. The molecule has 0 saturated carbocycles. The molecule has 0 bridgehead atoms. The number of thiazole rings is 1. The zero-order valence-electron chi connectivity index (χ0n) is 16.9. The van der Waals surface area contributed by atoms with E-state index in [0.717, 1.165) is 5.69 Å². The molecule has 0 spiro atoms. The van der Waals surface area contributed by atoms with Gasteiger partial charge >= 0.3 is 6.09 Å². The van der Waals surface area contributed by atoms with Gasteiger partial charge in [0.05, 0.1) is 34.5 Å². The van der Waals surface area contributed by atoms with Crippen LogP contribution in [0, 0.1) is 5.92 Å². The smallest absolute Gasteiger partial charge is 0.413 e. The molecule has 1 N–H and O–H groups in total. The Balaban J connectivity index is 1.49. The first kappa shape index (κ1) is 22.7. The van der Waals surface area contributed by atoms with E-state index in [-0.39, 0.29) is 18.2 Å². The average molecular weight is 471 g/mol. The highest BCUT2D eigenvalue weighted by molar-refractivity contribution is 7.13. The van der Waals surface area contributed by atoms with Crippen LogP contribution in [0.15, 0.2) is 23.6 Å². The monoisotopic (exact) mass is 470 g/mol. The van der Waals surface area contributed by atoms with Crippen LogP contribution in [0.1, 0.15) is 19.5 Å². The number of hydrogen-bond acceptors (Lipinski definition) is 6. The summed E-state index contributed by atoms with van der Waals surface area (Å²) < 4.78 is 5.07. The minimum atomic E-state index is -0.535. The quantitative estimate of drug-likeness (QED) is 0.670. The van der Waals surface area contributed by atoms with Crippen LogP contribution < -0.4 is 10.2 Å². The standard InChI is InChI=1S/C20H24Cl2N4O3S/c1-13(2)11-29-20(28)24-19-23-14(12-30-19)10-17(27)26-8-6-25(7-9-26)16-5-3-4-15(21)18(16)22/h3-5,12-13H,6-11H2,1-2H3,(H,23,24,28). The number of amides is 2. The molecule has 1 aliphatic heterocycles. The molecule has 0 aliphatic carbocycles. The van der Waals surface area contributed by atoms with E-state index in [4.69, 9.17) is 27.9 Å². The topological polar surface area (TPSA) is 74.8 Å². The number of nitrogens with zero attached hydrogens (tertiary/aromatic N) is 3. The van der Waals surface area contributed by atoms with Crippen molar-refractivity contribution < 1.29 is 14.3 Å². The van der Waals surface area contributed by atoms with Crippen molar-refractivity contribution in [2.75, 3.05) is 43.0 Å². The van der Waals surface area contributed by atoms with E-state index in [1.54, 1.807) is 11.4 Å². The van der Waals surface area contributed by atoms with E-state index in [1.807, 2.05) is 30.9 Å². The third-order valence-corrected chi connectivity index (χ3v) is 6.16. The highest BCUT2D eigenvalue weighted by Gasteiger charge is 2.23. The molecular formula is C20H24Cl2N4O3S. The molecule has 10 heteroatoms. The Hall–Kier alpha value is -2.03. The van der Waals surface area contributed by atoms with Gasteiger partial charge in [-0.1, -0.05) is 43.1 Å². The third kappa shape index (κ3) is 6.00. The van der Waals surface area contributed by atoms with Crippen molar-refractivity contribution >= 4 is 57.4 Å². The lowest BCUT2D eigenvalue weighted by Crippen LogP contribution is -2.49. The Morgan fingerprint density at radius 1 is 1.23 bits per heavy atom. The summed E-state index contributed by atoms with van der Waals surface area (Å²) in [5, 5.41) is 5.85. The SMILES string of the molecule is CC(C)COC(=O)Nc1nc(CC(=O)N2CCN(c3cccc(Cl)c3Cl)CC2)cs1. The molecule has 0 unspecified atom stereocenters. The van der Waals surface area contributed by atoms with Gasteiger partial charge in [-0.15, -0.1) is 11.3 Å². The summed E-state index contributed by atoms with van der Waals surface area (Å²) in [7, 11) is 0. The average Bonchev–Trinajstić information content (AvgIpc) is 3.15. The summed E-state index contributed by atoms with van der Waals surface area (Å²) in [5.41, 5.74) is 1.51. The van der Waals surface area contributed by atoms with Gasteiger partial charge in [0, 0.05) is 31.6 Å². The predicted octanol–water partition coefficient (Wildman–Crippen LogP) is 4.55. The number of anilines is 2. The molecule has 1 aromatic carbocycles. The minimum Gasteiger partial charge on any atom is -0.449 e. The number of nitrogens with one attached hydrogen (secondary N) is 1. The summed E-state index contributed by atoms with van der Waals surface area (Å²) in [4.78, 5) is 32.6. The summed E-state index contributed by atoms with van der Waals surface area (Å²) in [6.45, 7) is 6.81. The Bertz CT molecular complexity index is 898. The first-order chi connectivity index (χ1) is 14.3. The van der Waals surface area contributed by atoms with E-state index < -0.39 is 6.09 Å². The fourth-order valence-electron chi connectivity index (χ4n) is 3.01. The van der Waals surface area contributed by atoms with Crippen LogP contribution in [0.4, 0.5) is 15.6 Å². The van der Waals surface area contributed by atoms with Crippen molar-refractivity contribution in [1.29, 1.82) is 0 Å². The zero-order valence-corrected chi connectivity index (χ0v) is 19.2. The molecule has 1 aliphatic rings. The second kappa shape index (κ2) is 10.3. The predicted molar refractivity (Wildman–Crippen MR) is 121 cm³/mol. The fraction of sp³-hybridized carbons (Fsp3) is 0.450. The molecule has 2 amide bonds. The van der Waals surface area contributed by atoms with Gasteiger partial charge < -0.3 is 14.5 Å². The lowest BCUT2D eigenvalue weighted by Gasteiger charge is -2.36. The molecular weight excluding hydrogens is 447 g/mol.